The Balaban J connectivity index is 2.50. The van der Waals surface area contributed by atoms with Gasteiger partial charge in [0.15, 0.2) is 0 Å². The SMILES string of the molecule is CC/C=C(\NC(=O)OCc1ccccc1)C(=O)OC. The van der Waals surface area contributed by atoms with E-state index in [9.17, 15) is 9.59 Å². The van der Waals surface area contributed by atoms with Crippen molar-refractivity contribution in [2.24, 2.45) is 0 Å². The normalized spacial score (nSPS) is 10.7. The van der Waals surface area contributed by atoms with Gasteiger partial charge in [-0.1, -0.05) is 43.3 Å². The highest BCUT2D eigenvalue weighted by Crippen LogP contribution is 2.02. The van der Waals surface area contributed by atoms with Crippen LogP contribution in [0.5, 0.6) is 0 Å². The number of carbonyl (C=O) groups is 2. The van der Waals surface area contributed by atoms with Crippen molar-refractivity contribution in [3.8, 4) is 0 Å². The van der Waals surface area contributed by atoms with Gasteiger partial charge >= 0.3 is 12.1 Å². The summed E-state index contributed by atoms with van der Waals surface area (Å²) in [6.07, 6.45) is 1.48. The van der Waals surface area contributed by atoms with Crippen LogP contribution in [0.1, 0.15) is 18.9 Å². The summed E-state index contributed by atoms with van der Waals surface area (Å²) in [5, 5.41) is 2.36. The van der Waals surface area contributed by atoms with Crippen molar-refractivity contribution in [1.82, 2.24) is 5.32 Å². The fourth-order valence-electron chi connectivity index (χ4n) is 1.37. The van der Waals surface area contributed by atoms with E-state index in [1.54, 1.807) is 6.08 Å². The Morgan fingerprint density at radius 1 is 1.26 bits per heavy atom. The first-order valence-electron chi connectivity index (χ1n) is 5.93. The molecule has 0 spiro atoms. The molecule has 1 amide bonds. The van der Waals surface area contributed by atoms with Crippen molar-refractivity contribution >= 4 is 12.1 Å². The molecule has 5 nitrogen and oxygen atoms in total. The second-order valence-electron chi connectivity index (χ2n) is 3.70. The maximum atomic E-state index is 11.5. The Kier molecular flexibility index (Phi) is 6.15. The first kappa shape index (κ1) is 14.8. The van der Waals surface area contributed by atoms with E-state index in [4.69, 9.17) is 4.74 Å². The van der Waals surface area contributed by atoms with Crippen molar-refractivity contribution in [3.05, 3.63) is 47.7 Å². The highest BCUT2D eigenvalue weighted by Gasteiger charge is 2.13. The van der Waals surface area contributed by atoms with Crippen LogP contribution in [0.15, 0.2) is 42.1 Å². The minimum atomic E-state index is -0.686. The van der Waals surface area contributed by atoms with Gasteiger partial charge in [0.25, 0.3) is 0 Å². The number of ether oxygens (including phenoxy) is 2. The number of nitrogens with one attached hydrogen (secondary N) is 1. The molecule has 0 atom stereocenters. The Morgan fingerprint density at radius 3 is 2.53 bits per heavy atom. The molecule has 1 N–H and O–H groups in total. The van der Waals surface area contributed by atoms with Crippen LogP contribution in [0.25, 0.3) is 0 Å². The van der Waals surface area contributed by atoms with Crippen LogP contribution in [0.4, 0.5) is 4.79 Å². The molecule has 0 aliphatic rings. The van der Waals surface area contributed by atoms with Crippen LogP contribution in [0, 0.1) is 0 Å². The number of alkyl carbamates (subject to hydrolysis) is 1. The first-order chi connectivity index (χ1) is 9.17. The van der Waals surface area contributed by atoms with Crippen molar-refractivity contribution in [2.75, 3.05) is 7.11 Å². The number of hydrogen-bond acceptors (Lipinski definition) is 4. The van der Waals surface area contributed by atoms with Crippen LogP contribution < -0.4 is 5.32 Å². The number of carbonyl (C=O) groups excluding carboxylic acids is 2. The monoisotopic (exact) mass is 263 g/mol. The summed E-state index contributed by atoms with van der Waals surface area (Å²) in [6.45, 7) is 1.99. The van der Waals surface area contributed by atoms with Gasteiger partial charge < -0.3 is 9.47 Å². The standard InChI is InChI=1S/C14H17NO4/c1-3-7-12(13(16)18-2)15-14(17)19-10-11-8-5-4-6-9-11/h4-9H,3,10H2,1-2H3,(H,15,17)/b12-7-. The van der Waals surface area contributed by atoms with Gasteiger partial charge in [-0.2, -0.15) is 0 Å². The van der Waals surface area contributed by atoms with E-state index in [-0.39, 0.29) is 12.3 Å². The number of amides is 1. The molecule has 0 saturated heterocycles. The lowest BCUT2D eigenvalue weighted by Crippen LogP contribution is -2.28. The molecule has 0 fully saturated rings. The van der Waals surface area contributed by atoms with Crippen LogP contribution in [-0.2, 0) is 20.9 Å². The molecule has 0 aromatic heterocycles. The lowest BCUT2D eigenvalue weighted by Gasteiger charge is -2.08. The predicted octanol–water partition coefficient (Wildman–Crippen LogP) is 2.38. The van der Waals surface area contributed by atoms with Crippen molar-refractivity contribution < 1.29 is 19.1 Å². The van der Waals surface area contributed by atoms with Gasteiger partial charge in [-0.15, -0.1) is 0 Å². The Bertz CT molecular complexity index is 454. The maximum absolute atomic E-state index is 11.5. The Morgan fingerprint density at radius 2 is 1.95 bits per heavy atom. The van der Waals surface area contributed by atoms with Crippen LogP contribution in [0.2, 0.25) is 0 Å². The molecule has 5 heteroatoms. The van der Waals surface area contributed by atoms with Crippen molar-refractivity contribution in [1.29, 1.82) is 0 Å². The average molecular weight is 263 g/mol. The van der Waals surface area contributed by atoms with Gasteiger partial charge in [0.2, 0.25) is 0 Å². The Labute approximate surface area is 112 Å². The van der Waals surface area contributed by atoms with Gasteiger partial charge in [-0.05, 0) is 12.0 Å². The largest absolute Gasteiger partial charge is 0.464 e. The highest BCUT2D eigenvalue weighted by atomic mass is 16.6. The number of methoxy groups -OCH3 is 1. The number of esters is 1. The van der Waals surface area contributed by atoms with Crippen molar-refractivity contribution in [3.63, 3.8) is 0 Å². The number of allylic oxidation sites excluding steroid dienone is 1. The molecule has 0 heterocycles. The third kappa shape index (κ3) is 5.25. The molecular formula is C14H17NO4. The van der Waals surface area contributed by atoms with Gasteiger partial charge in [-0.3, -0.25) is 5.32 Å². The first-order valence-corrected chi connectivity index (χ1v) is 5.93. The molecular weight excluding hydrogens is 246 g/mol. The summed E-state index contributed by atoms with van der Waals surface area (Å²) < 4.78 is 9.55. The van der Waals surface area contributed by atoms with E-state index < -0.39 is 12.1 Å². The van der Waals surface area contributed by atoms with Gasteiger partial charge in [0.1, 0.15) is 12.3 Å². The molecule has 0 radical (unpaired) electrons. The zero-order valence-electron chi connectivity index (χ0n) is 11.0. The van der Waals surface area contributed by atoms with Crippen LogP contribution in [0.3, 0.4) is 0 Å². The zero-order chi connectivity index (χ0) is 14.1. The van der Waals surface area contributed by atoms with E-state index in [2.05, 4.69) is 10.1 Å². The lowest BCUT2D eigenvalue weighted by molar-refractivity contribution is -0.136. The third-order valence-electron chi connectivity index (χ3n) is 2.26. The second kappa shape index (κ2) is 7.92. The van der Waals surface area contributed by atoms with Crippen molar-refractivity contribution in [2.45, 2.75) is 20.0 Å². The molecule has 0 bridgehead atoms. The zero-order valence-corrected chi connectivity index (χ0v) is 11.0. The highest BCUT2D eigenvalue weighted by molar-refractivity contribution is 5.92. The van der Waals surface area contributed by atoms with E-state index in [0.717, 1.165) is 5.56 Å². The molecule has 0 aliphatic heterocycles. The lowest BCUT2D eigenvalue weighted by atomic mass is 10.2. The van der Waals surface area contributed by atoms with E-state index in [0.29, 0.717) is 6.42 Å². The smallest absolute Gasteiger partial charge is 0.412 e. The topological polar surface area (TPSA) is 64.6 Å². The van der Waals surface area contributed by atoms with Gasteiger partial charge in [0.05, 0.1) is 7.11 Å². The van der Waals surface area contributed by atoms with E-state index in [1.165, 1.54) is 7.11 Å². The van der Waals surface area contributed by atoms with E-state index >= 15 is 0 Å². The van der Waals surface area contributed by atoms with E-state index in [1.807, 2.05) is 37.3 Å². The average Bonchev–Trinajstić information content (AvgIpc) is 2.45. The van der Waals surface area contributed by atoms with Crippen LogP contribution in [-0.4, -0.2) is 19.2 Å². The number of benzene rings is 1. The summed E-state index contributed by atoms with van der Waals surface area (Å²) in [4.78, 5) is 22.9. The molecule has 0 saturated carbocycles. The number of rotatable bonds is 5. The Hall–Kier alpha value is -2.30. The summed E-state index contributed by atoms with van der Waals surface area (Å²) in [7, 11) is 1.25. The van der Waals surface area contributed by atoms with Gasteiger partial charge in [0, 0.05) is 0 Å². The molecule has 102 valence electrons. The maximum Gasteiger partial charge on any atom is 0.412 e. The quantitative estimate of drug-likeness (QED) is 0.654. The fraction of sp³-hybridized carbons (Fsp3) is 0.286. The summed E-state index contributed by atoms with van der Waals surface area (Å²) in [5.74, 6) is -0.599. The summed E-state index contributed by atoms with van der Waals surface area (Å²) in [5.41, 5.74) is 0.958. The molecule has 1 aromatic carbocycles. The molecule has 19 heavy (non-hydrogen) atoms. The van der Waals surface area contributed by atoms with Crippen LogP contribution >= 0.6 is 0 Å². The number of hydrogen-bond donors (Lipinski definition) is 1. The summed E-state index contributed by atoms with van der Waals surface area (Å²) in [6, 6.07) is 9.27. The molecule has 1 rings (SSSR count). The molecule has 1 aromatic rings. The van der Waals surface area contributed by atoms with Gasteiger partial charge in [-0.25, -0.2) is 9.59 Å². The second-order valence-corrected chi connectivity index (χ2v) is 3.70. The predicted molar refractivity (Wildman–Crippen MR) is 70.2 cm³/mol. The molecule has 0 unspecified atom stereocenters. The third-order valence-corrected chi connectivity index (χ3v) is 2.26. The summed E-state index contributed by atoms with van der Waals surface area (Å²) >= 11 is 0. The molecule has 0 aliphatic carbocycles. The minimum absolute atomic E-state index is 0.0862. The minimum Gasteiger partial charge on any atom is -0.464 e. The fourth-order valence-corrected chi connectivity index (χ4v) is 1.37.